The Balaban J connectivity index is 0.867. The predicted molar refractivity (Wildman–Crippen MR) is 298 cm³/mol. The molecule has 0 spiro atoms. The molecule has 4 amide bonds. The number of amides is 4. The van der Waals surface area contributed by atoms with Crippen LogP contribution in [0.3, 0.4) is 0 Å². The molecule has 5 heterocycles. The Morgan fingerprint density at radius 3 is 2.20 bits per heavy atom. The molecule has 3 aliphatic rings. The summed E-state index contributed by atoms with van der Waals surface area (Å²) in [4.78, 5) is 69.2. The van der Waals surface area contributed by atoms with Crippen molar-refractivity contribution in [2.45, 2.75) is 161 Å². The summed E-state index contributed by atoms with van der Waals surface area (Å²) in [7, 11) is -2.17. The standard InChI is InChI=1S/C57H82BF2N7O8Si/c1-9-10-11-13-22-52(69)64-48(55(72)65-49(36-41(2)3)54(71)57(39-74-57)40-75-76(7,8)56(4,5)6)19-15-17-34-62-51(68)21-14-12-16-33-63-53(70)38-73-46-30-24-42(25-31-46)23-26-43-27-28-44-37-45-29-32-50(47-20-18-35-61-47)67(45)58(59,60)66(43)44/h18,20,23-32,35,37,41,48-49,61H,9-17,19,21-22,33-34,36,38-40H2,1-8H3,(H,62,68)(H,63,70)(H,64,69)(H,65,72)/b26-23+/t48-,49-,57-/m0/s1. The van der Waals surface area contributed by atoms with Crippen molar-refractivity contribution in [2.75, 3.05) is 32.9 Å². The first-order chi connectivity index (χ1) is 36.1. The molecule has 1 aromatic carbocycles. The average molecular weight is 1070 g/mol. The van der Waals surface area contributed by atoms with Crippen molar-refractivity contribution in [2.24, 2.45) is 5.92 Å². The second-order valence-corrected chi connectivity index (χ2v) is 27.2. The normalized spacial score (nSPS) is 17.5. The largest absolute Gasteiger partial charge is 0.737 e. The maximum absolute atomic E-state index is 16.2. The highest BCUT2D eigenvalue weighted by Gasteiger charge is 2.56. The summed E-state index contributed by atoms with van der Waals surface area (Å²) < 4.78 is 52.4. The van der Waals surface area contributed by atoms with E-state index in [0.29, 0.717) is 98.7 Å². The Kier molecular flexibility index (Phi) is 21.0. The van der Waals surface area contributed by atoms with Crippen molar-refractivity contribution in [1.82, 2.24) is 30.7 Å². The van der Waals surface area contributed by atoms with Crippen LogP contribution in [0.4, 0.5) is 8.63 Å². The number of carbonyl (C=O) groups excluding carboxylic acids is 5. The lowest BCUT2D eigenvalue weighted by atomic mass is 9.90. The molecule has 0 aliphatic carbocycles. The third-order valence-electron chi connectivity index (χ3n) is 14.7. The third kappa shape index (κ3) is 16.3. The van der Waals surface area contributed by atoms with E-state index in [1.807, 2.05) is 13.8 Å². The van der Waals surface area contributed by atoms with Gasteiger partial charge in [0, 0.05) is 61.7 Å². The lowest BCUT2D eigenvalue weighted by Crippen LogP contribution is -2.55. The topological polar surface area (TPSA) is 188 Å². The second-order valence-electron chi connectivity index (χ2n) is 22.4. The van der Waals surface area contributed by atoms with Gasteiger partial charge in [0.05, 0.1) is 19.3 Å². The summed E-state index contributed by atoms with van der Waals surface area (Å²) in [6.45, 7) is 13.7. The van der Waals surface area contributed by atoms with Crippen LogP contribution in [0.1, 0.15) is 148 Å². The van der Waals surface area contributed by atoms with E-state index in [1.165, 1.54) is 0 Å². The monoisotopic (exact) mass is 1070 g/mol. The minimum atomic E-state index is -4.17. The number of hydrogen-bond acceptors (Lipinski definition) is 8. The Morgan fingerprint density at radius 1 is 0.855 bits per heavy atom. The first-order valence-corrected chi connectivity index (χ1v) is 30.3. The fraction of sp³-hybridized carbons (Fsp3) is 0.544. The van der Waals surface area contributed by atoms with Crippen molar-refractivity contribution < 1.29 is 51.0 Å². The van der Waals surface area contributed by atoms with Crippen LogP contribution in [0.15, 0.2) is 72.6 Å². The number of aromatic nitrogens is 2. The van der Waals surface area contributed by atoms with Crippen LogP contribution < -0.4 is 26.0 Å². The molecule has 0 saturated carbocycles. The van der Waals surface area contributed by atoms with Crippen LogP contribution in [0, 0.1) is 5.92 Å². The molecule has 414 valence electrons. The molecule has 3 atom stereocenters. The average Bonchev–Trinajstić information content (AvgIpc) is 3.73. The number of allylic oxidation sites excluding steroid dienone is 2. The number of halogens is 2. The van der Waals surface area contributed by atoms with Gasteiger partial charge >= 0.3 is 6.97 Å². The highest BCUT2D eigenvalue weighted by Crippen LogP contribution is 2.40. The quantitative estimate of drug-likeness (QED) is 0.0232. The molecule has 0 radical (unpaired) electrons. The number of aromatic amines is 1. The van der Waals surface area contributed by atoms with Gasteiger partial charge in [-0.15, -0.1) is 0 Å². The number of Topliss-reactive ketones (excluding diaryl/α,β-unsaturated/α-hetero) is 1. The number of hydrogen-bond donors (Lipinski definition) is 5. The van der Waals surface area contributed by atoms with Gasteiger partial charge in [0.2, 0.25) is 17.7 Å². The second kappa shape index (κ2) is 26.9. The molecule has 2 aromatic heterocycles. The molecule has 3 aliphatic heterocycles. The summed E-state index contributed by atoms with van der Waals surface area (Å²) in [5.74, 6) is -0.564. The van der Waals surface area contributed by atoms with Gasteiger partial charge < -0.3 is 57.7 Å². The molecule has 15 nitrogen and oxygen atoms in total. The maximum atomic E-state index is 16.2. The van der Waals surface area contributed by atoms with E-state index < -0.39 is 38.9 Å². The third-order valence-corrected chi connectivity index (χ3v) is 19.2. The first-order valence-electron chi connectivity index (χ1n) is 27.4. The zero-order valence-electron chi connectivity index (χ0n) is 46.0. The van der Waals surface area contributed by atoms with Crippen LogP contribution in [0.5, 0.6) is 5.75 Å². The van der Waals surface area contributed by atoms with Crippen LogP contribution in [0.25, 0.3) is 18.2 Å². The number of H-pyrrole nitrogens is 1. The molecule has 76 heavy (non-hydrogen) atoms. The Bertz CT molecular complexity index is 2600. The number of ether oxygens (including phenoxy) is 2. The van der Waals surface area contributed by atoms with Gasteiger partial charge in [-0.25, -0.2) is 0 Å². The summed E-state index contributed by atoms with van der Waals surface area (Å²) in [5, 5.41) is 11.7. The number of nitrogens with zero attached hydrogens (tertiary/aromatic N) is 2. The van der Waals surface area contributed by atoms with Crippen LogP contribution in [-0.2, 0) is 33.1 Å². The van der Waals surface area contributed by atoms with Gasteiger partial charge in [0.15, 0.2) is 37.7 Å². The number of epoxide rings is 1. The predicted octanol–water partition coefficient (Wildman–Crippen LogP) is 9.32. The van der Waals surface area contributed by atoms with E-state index in [9.17, 15) is 24.0 Å². The molecule has 3 aromatic rings. The van der Waals surface area contributed by atoms with Crippen molar-refractivity contribution in [1.29, 1.82) is 0 Å². The highest BCUT2D eigenvalue weighted by molar-refractivity contribution is 6.74. The fourth-order valence-electron chi connectivity index (χ4n) is 9.10. The van der Waals surface area contributed by atoms with Crippen LogP contribution in [-0.4, -0.2) is 115 Å². The molecular weight excluding hydrogens is 988 g/mol. The maximum Gasteiger partial charge on any atom is 0.737 e. The number of rotatable bonds is 32. The number of ketones is 1. The number of nitrogens with one attached hydrogen (secondary N) is 5. The molecule has 1 fully saturated rings. The SMILES string of the molecule is CCCCCCC(=O)N[C@@H](CCCCNC(=O)CCCCCNC(=O)COc1ccc(/C=C/c2ccc3n2[B-](F)(F)[N+]2=C(c4ccc[nH]4)C=CC2=C3)cc1)C(=O)N[C@@H](CC(C)C)C(=O)[C@@]1(CO[Si](C)(C)C(C)(C)C)CO1. The molecule has 19 heteroatoms. The van der Waals surface area contributed by atoms with E-state index in [0.717, 1.165) is 46.6 Å². The van der Waals surface area contributed by atoms with E-state index in [-0.39, 0.29) is 54.3 Å². The zero-order chi connectivity index (χ0) is 55.1. The number of carbonyl (C=O) groups is 5. The zero-order valence-corrected chi connectivity index (χ0v) is 47.0. The molecule has 6 rings (SSSR count). The minimum Gasteiger partial charge on any atom is -0.484 e. The van der Waals surface area contributed by atoms with Crippen LogP contribution >= 0.6 is 0 Å². The van der Waals surface area contributed by atoms with Gasteiger partial charge in [0.25, 0.3) is 5.91 Å². The number of fused-ring (bicyclic) bond motifs is 2. The highest BCUT2D eigenvalue weighted by atomic mass is 28.4. The Hall–Kier alpha value is -5.92. The number of unbranched alkanes of at least 4 members (excludes halogenated alkanes) is 6. The van der Waals surface area contributed by atoms with Crippen molar-refractivity contribution in [3.8, 4) is 5.75 Å². The van der Waals surface area contributed by atoms with Gasteiger partial charge in [0.1, 0.15) is 17.5 Å². The van der Waals surface area contributed by atoms with E-state index >= 15 is 8.63 Å². The van der Waals surface area contributed by atoms with Crippen molar-refractivity contribution in [3.63, 3.8) is 0 Å². The number of benzene rings is 1. The lowest BCUT2D eigenvalue weighted by Gasteiger charge is -2.37. The lowest BCUT2D eigenvalue weighted by molar-refractivity contribution is -0.360. The van der Waals surface area contributed by atoms with E-state index in [1.54, 1.807) is 85.1 Å². The fourth-order valence-corrected chi connectivity index (χ4v) is 10.1. The summed E-state index contributed by atoms with van der Waals surface area (Å²) in [6, 6.07) is 12.3. The summed E-state index contributed by atoms with van der Waals surface area (Å²) in [6.07, 6.45) is 18.7. The van der Waals surface area contributed by atoms with Gasteiger partial charge in [-0.1, -0.05) is 85.4 Å². The van der Waals surface area contributed by atoms with Gasteiger partial charge in [-0.05, 0) is 117 Å². The molecule has 5 N–H and O–H groups in total. The molecule has 0 unspecified atom stereocenters. The van der Waals surface area contributed by atoms with Crippen LogP contribution in [0.2, 0.25) is 18.1 Å². The Morgan fingerprint density at radius 2 is 1.54 bits per heavy atom. The van der Waals surface area contributed by atoms with Crippen molar-refractivity contribution in [3.05, 3.63) is 95.2 Å². The van der Waals surface area contributed by atoms with Gasteiger partial charge in [-0.3, -0.25) is 24.0 Å². The summed E-state index contributed by atoms with van der Waals surface area (Å²) >= 11 is 0. The first kappa shape index (κ1) is 59.3. The van der Waals surface area contributed by atoms with Crippen molar-refractivity contribution >= 4 is 68.6 Å². The molecule has 1 saturated heterocycles. The molecular formula is C57H82BF2N7O8Si. The minimum absolute atomic E-state index is 0.0447. The van der Waals surface area contributed by atoms with Gasteiger partial charge in [-0.2, -0.15) is 0 Å². The van der Waals surface area contributed by atoms with E-state index in [4.69, 9.17) is 13.9 Å². The van der Waals surface area contributed by atoms with E-state index in [2.05, 4.69) is 67.0 Å². The summed E-state index contributed by atoms with van der Waals surface area (Å²) in [5.41, 5.74) is 1.95. The molecule has 0 bridgehead atoms. The smallest absolute Gasteiger partial charge is 0.484 e. The Labute approximate surface area is 449 Å².